The van der Waals surface area contributed by atoms with E-state index in [2.05, 4.69) is 15.6 Å². The summed E-state index contributed by atoms with van der Waals surface area (Å²) in [4.78, 5) is 41.0. The maximum atomic E-state index is 12.6. The lowest BCUT2D eigenvalue weighted by Crippen LogP contribution is -2.45. The number of hydrogen-bond donors (Lipinski definition) is 3. The number of rotatable bonds is 6. The molecule has 1 aromatic carbocycles. The van der Waals surface area contributed by atoms with Gasteiger partial charge in [0, 0.05) is 29.6 Å². The number of hydrogen-bond acceptors (Lipinski definition) is 3. The van der Waals surface area contributed by atoms with Gasteiger partial charge in [-0.3, -0.25) is 14.5 Å². The van der Waals surface area contributed by atoms with E-state index in [1.54, 1.807) is 0 Å². The molecule has 1 saturated heterocycles. The van der Waals surface area contributed by atoms with Crippen molar-refractivity contribution in [2.45, 2.75) is 39.3 Å². The first-order chi connectivity index (χ1) is 12.4. The van der Waals surface area contributed by atoms with Crippen LogP contribution < -0.4 is 10.6 Å². The molecule has 1 aliphatic heterocycles. The molecule has 0 aliphatic carbocycles. The molecule has 138 valence electrons. The van der Waals surface area contributed by atoms with Crippen molar-refractivity contribution in [3.05, 3.63) is 36.0 Å². The molecule has 2 aromatic rings. The van der Waals surface area contributed by atoms with Crippen LogP contribution in [0.5, 0.6) is 0 Å². The lowest BCUT2D eigenvalue weighted by molar-refractivity contribution is -0.132. The quantitative estimate of drug-likeness (QED) is 0.689. The van der Waals surface area contributed by atoms with E-state index in [0.717, 1.165) is 21.4 Å². The van der Waals surface area contributed by atoms with Gasteiger partial charge in [0.05, 0.1) is 0 Å². The number of H-pyrrole nitrogens is 1. The molecular formula is C19H24N4O3. The van der Waals surface area contributed by atoms with Crippen LogP contribution in [-0.4, -0.2) is 46.4 Å². The number of carbonyl (C=O) groups is 3. The number of nitrogens with zero attached hydrogens (tertiary/aromatic N) is 1. The standard InChI is InChI=1S/C19H24N4O3/c1-11(2)12(3)21-17(24)10-23-18(25)16(22-19(23)26)8-13-9-20-15-7-5-4-6-14(13)15/h4-7,9,11-12,16,20H,8,10H2,1-3H3,(H,21,24)(H,22,26)/t12-,16+/m1/s1. The van der Waals surface area contributed by atoms with E-state index >= 15 is 0 Å². The zero-order chi connectivity index (χ0) is 18.8. The molecule has 3 rings (SSSR count). The van der Waals surface area contributed by atoms with Crippen LogP contribution in [0.25, 0.3) is 10.9 Å². The number of fused-ring (bicyclic) bond motifs is 1. The van der Waals surface area contributed by atoms with Crippen LogP contribution in [0.2, 0.25) is 0 Å². The third-order valence-corrected chi connectivity index (χ3v) is 4.90. The zero-order valence-electron chi connectivity index (χ0n) is 15.2. The molecule has 2 heterocycles. The highest BCUT2D eigenvalue weighted by Gasteiger charge is 2.39. The van der Waals surface area contributed by atoms with Crippen LogP contribution >= 0.6 is 0 Å². The van der Waals surface area contributed by atoms with Gasteiger partial charge in [-0.15, -0.1) is 0 Å². The number of imide groups is 1. The fraction of sp³-hybridized carbons (Fsp3) is 0.421. The maximum absolute atomic E-state index is 12.6. The molecule has 0 radical (unpaired) electrons. The van der Waals surface area contributed by atoms with Crippen molar-refractivity contribution >= 4 is 28.7 Å². The minimum atomic E-state index is -0.656. The Hall–Kier alpha value is -2.83. The molecule has 1 aromatic heterocycles. The topological polar surface area (TPSA) is 94.3 Å². The maximum Gasteiger partial charge on any atom is 0.325 e. The number of aromatic amines is 1. The van der Waals surface area contributed by atoms with Gasteiger partial charge in [0.1, 0.15) is 12.6 Å². The minimum absolute atomic E-state index is 0.0229. The summed E-state index contributed by atoms with van der Waals surface area (Å²) in [7, 11) is 0. The smallest absolute Gasteiger partial charge is 0.325 e. The van der Waals surface area contributed by atoms with Crippen LogP contribution in [0, 0.1) is 5.92 Å². The third kappa shape index (κ3) is 3.56. The molecule has 0 bridgehead atoms. The van der Waals surface area contributed by atoms with Crippen molar-refractivity contribution < 1.29 is 14.4 Å². The molecule has 3 N–H and O–H groups in total. The number of nitrogens with one attached hydrogen (secondary N) is 3. The number of urea groups is 1. The predicted octanol–water partition coefficient (Wildman–Crippen LogP) is 1.79. The van der Waals surface area contributed by atoms with Crippen molar-refractivity contribution in [1.82, 2.24) is 20.5 Å². The first-order valence-corrected chi connectivity index (χ1v) is 8.83. The Morgan fingerprint density at radius 1 is 1.23 bits per heavy atom. The number of para-hydroxylation sites is 1. The van der Waals surface area contributed by atoms with E-state index in [-0.39, 0.29) is 30.3 Å². The van der Waals surface area contributed by atoms with Crippen LogP contribution in [0.3, 0.4) is 0 Å². The average Bonchev–Trinajstić information content (AvgIpc) is 3.11. The molecule has 1 aliphatic rings. The van der Waals surface area contributed by atoms with Crippen molar-refractivity contribution in [2.75, 3.05) is 6.54 Å². The summed E-state index contributed by atoms with van der Waals surface area (Å²) in [5.41, 5.74) is 1.94. The highest BCUT2D eigenvalue weighted by Crippen LogP contribution is 2.21. The molecule has 1 fully saturated rings. The lowest BCUT2D eigenvalue weighted by atomic mass is 10.1. The van der Waals surface area contributed by atoms with E-state index in [0.29, 0.717) is 6.42 Å². The lowest BCUT2D eigenvalue weighted by Gasteiger charge is -2.19. The Morgan fingerprint density at radius 3 is 2.69 bits per heavy atom. The first kappa shape index (κ1) is 18.0. The first-order valence-electron chi connectivity index (χ1n) is 8.83. The van der Waals surface area contributed by atoms with E-state index in [4.69, 9.17) is 0 Å². The van der Waals surface area contributed by atoms with Crippen LogP contribution in [0.15, 0.2) is 30.5 Å². The van der Waals surface area contributed by atoms with E-state index in [1.165, 1.54) is 0 Å². The summed E-state index contributed by atoms with van der Waals surface area (Å²) in [5.74, 6) is -0.424. The van der Waals surface area contributed by atoms with E-state index in [1.807, 2.05) is 51.2 Å². The van der Waals surface area contributed by atoms with Gasteiger partial charge in [0.25, 0.3) is 5.91 Å². The SMILES string of the molecule is CC(C)[C@@H](C)NC(=O)CN1C(=O)N[C@@H](Cc2c[nH]c3ccccc23)C1=O. The van der Waals surface area contributed by atoms with Gasteiger partial charge < -0.3 is 15.6 Å². The highest BCUT2D eigenvalue weighted by atomic mass is 16.2. The fourth-order valence-corrected chi connectivity index (χ4v) is 3.00. The van der Waals surface area contributed by atoms with Crippen molar-refractivity contribution in [3.8, 4) is 0 Å². The van der Waals surface area contributed by atoms with Crippen molar-refractivity contribution in [2.24, 2.45) is 5.92 Å². The third-order valence-electron chi connectivity index (χ3n) is 4.90. The Morgan fingerprint density at radius 2 is 1.96 bits per heavy atom. The van der Waals surface area contributed by atoms with Gasteiger partial charge in [-0.05, 0) is 24.5 Å². The predicted molar refractivity (Wildman–Crippen MR) is 98.5 cm³/mol. The largest absolute Gasteiger partial charge is 0.361 e. The normalized spacial score (nSPS) is 18.5. The van der Waals surface area contributed by atoms with Gasteiger partial charge in [0.15, 0.2) is 0 Å². The monoisotopic (exact) mass is 356 g/mol. The second-order valence-electron chi connectivity index (χ2n) is 7.09. The molecular weight excluding hydrogens is 332 g/mol. The van der Waals surface area contributed by atoms with Crippen molar-refractivity contribution in [1.29, 1.82) is 0 Å². The average molecular weight is 356 g/mol. The molecule has 7 heteroatoms. The van der Waals surface area contributed by atoms with Gasteiger partial charge >= 0.3 is 6.03 Å². The summed E-state index contributed by atoms with van der Waals surface area (Å²) in [5, 5.41) is 6.52. The van der Waals surface area contributed by atoms with Crippen molar-refractivity contribution in [3.63, 3.8) is 0 Å². The van der Waals surface area contributed by atoms with Crippen LogP contribution in [0.4, 0.5) is 4.79 Å². The summed E-state index contributed by atoms with van der Waals surface area (Å²) >= 11 is 0. The fourth-order valence-electron chi connectivity index (χ4n) is 3.00. The molecule has 2 atom stereocenters. The van der Waals surface area contributed by atoms with E-state index in [9.17, 15) is 14.4 Å². The molecule has 0 unspecified atom stereocenters. The van der Waals surface area contributed by atoms with Gasteiger partial charge in [-0.1, -0.05) is 32.0 Å². The molecule has 4 amide bonds. The summed E-state index contributed by atoms with van der Waals surface area (Å²) in [6.45, 7) is 5.63. The number of benzene rings is 1. The molecule has 7 nitrogen and oxygen atoms in total. The molecule has 0 saturated carbocycles. The number of amides is 4. The van der Waals surface area contributed by atoms with Gasteiger partial charge in [-0.2, -0.15) is 0 Å². The Labute approximate surface area is 152 Å². The summed E-state index contributed by atoms with van der Waals surface area (Å²) < 4.78 is 0. The number of aromatic nitrogens is 1. The van der Waals surface area contributed by atoms with Crippen LogP contribution in [0.1, 0.15) is 26.3 Å². The van der Waals surface area contributed by atoms with Gasteiger partial charge in [-0.25, -0.2) is 4.79 Å². The summed E-state index contributed by atoms with van der Waals surface area (Å²) in [6.07, 6.45) is 2.24. The second-order valence-corrected chi connectivity index (χ2v) is 7.09. The Bertz CT molecular complexity index is 842. The summed E-state index contributed by atoms with van der Waals surface area (Å²) in [6, 6.07) is 6.60. The number of carbonyl (C=O) groups excluding carboxylic acids is 3. The van der Waals surface area contributed by atoms with Gasteiger partial charge in [0.2, 0.25) is 5.91 Å². The Balaban J connectivity index is 1.66. The minimum Gasteiger partial charge on any atom is -0.361 e. The molecule has 0 spiro atoms. The highest BCUT2D eigenvalue weighted by molar-refractivity contribution is 6.06. The Kier molecular flexibility index (Phi) is 4.97. The molecule has 26 heavy (non-hydrogen) atoms. The second kappa shape index (κ2) is 7.19. The van der Waals surface area contributed by atoms with Crippen LogP contribution in [-0.2, 0) is 16.0 Å². The zero-order valence-corrected chi connectivity index (χ0v) is 15.2. The van der Waals surface area contributed by atoms with E-state index < -0.39 is 12.1 Å².